The van der Waals surface area contributed by atoms with E-state index in [1.807, 2.05) is 44.2 Å². The zero-order valence-corrected chi connectivity index (χ0v) is 11.1. The van der Waals surface area contributed by atoms with E-state index in [4.69, 9.17) is 11.6 Å². The van der Waals surface area contributed by atoms with Crippen LogP contribution in [0.25, 0.3) is 0 Å². The second-order valence-electron chi connectivity index (χ2n) is 3.85. The first kappa shape index (κ1) is 12.6. The molecular formula is C13H15ClN4. The number of aryl methyl sites for hydroxylation is 1. The smallest absolute Gasteiger partial charge is 0.136 e. The van der Waals surface area contributed by atoms with Crippen molar-refractivity contribution in [3.05, 3.63) is 41.2 Å². The fourth-order valence-electron chi connectivity index (χ4n) is 1.62. The molecule has 0 aliphatic carbocycles. The Bertz CT molecular complexity index is 542. The van der Waals surface area contributed by atoms with Gasteiger partial charge in [-0.15, -0.1) is 0 Å². The molecule has 0 aliphatic heterocycles. The highest BCUT2D eigenvalue weighted by atomic mass is 35.5. The number of halogens is 1. The summed E-state index contributed by atoms with van der Waals surface area (Å²) in [7, 11) is 0. The third-order valence-electron chi connectivity index (χ3n) is 2.29. The molecule has 0 spiro atoms. The first-order valence-corrected chi connectivity index (χ1v) is 6.17. The fraction of sp³-hybridized carbons (Fsp3) is 0.231. The number of benzene rings is 1. The molecule has 0 amide bonds. The maximum absolute atomic E-state index is 5.94. The Kier molecular flexibility index (Phi) is 3.99. The number of hydrogen-bond acceptors (Lipinski definition) is 4. The van der Waals surface area contributed by atoms with Gasteiger partial charge in [-0.2, -0.15) is 0 Å². The van der Waals surface area contributed by atoms with E-state index in [1.54, 1.807) is 0 Å². The summed E-state index contributed by atoms with van der Waals surface area (Å²) in [5, 5.41) is 7.07. The van der Waals surface area contributed by atoms with Gasteiger partial charge in [-0.25, -0.2) is 9.97 Å². The Morgan fingerprint density at radius 3 is 2.67 bits per heavy atom. The van der Waals surface area contributed by atoms with Gasteiger partial charge in [-0.1, -0.05) is 17.7 Å². The number of nitrogens with one attached hydrogen (secondary N) is 2. The van der Waals surface area contributed by atoms with Crippen molar-refractivity contribution in [3.8, 4) is 0 Å². The molecule has 0 unspecified atom stereocenters. The molecular weight excluding hydrogens is 248 g/mol. The molecule has 0 fully saturated rings. The van der Waals surface area contributed by atoms with E-state index in [-0.39, 0.29) is 0 Å². The summed E-state index contributed by atoms with van der Waals surface area (Å²) in [5.74, 6) is 2.29. The first-order valence-electron chi connectivity index (χ1n) is 5.79. The highest BCUT2D eigenvalue weighted by Crippen LogP contribution is 2.20. The van der Waals surface area contributed by atoms with Crippen molar-refractivity contribution in [2.75, 3.05) is 17.2 Å². The first-order chi connectivity index (χ1) is 8.67. The predicted octanol–water partition coefficient (Wildman–Crippen LogP) is 3.61. The van der Waals surface area contributed by atoms with E-state index >= 15 is 0 Å². The molecule has 5 heteroatoms. The highest BCUT2D eigenvalue weighted by molar-refractivity contribution is 6.30. The molecule has 4 nitrogen and oxygen atoms in total. The van der Waals surface area contributed by atoms with Gasteiger partial charge in [-0.05, 0) is 32.0 Å². The molecule has 0 bridgehead atoms. The molecule has 18 heavy (non-hydrogen) atoms. The van der Waals surface area contributed by atoms with Crippen molar-refractivity contribution in [1.82, 2.24) is 9.97 Å². The van der Waals surface area contributed by atoms with Gasteiger partial charge in [0, 0.05) is 23.3 Å². The quantitative estimate of drug-likeness (QED) is 0.884. The number of anilines is 3. The lowest BCUT2D eigenvalue weighted by Crippen LogP contribution is -2.04. The zero-order valence-electron chi connectivity index (χ0n) is 10.4. The highest BCUT2D eigenvalue weighted by Gasteiger charge is 2.02. The minimum atomic E-state index is 0.692. The van der Waals surface area contributed by atoms with Gasteiger partial charge < -0.3 is 10.6 Å². The maximum Gasteiger partial charge on any atom is 0.136 e. The minimum absolute atomic E-state index is 0.692. The summed E-state index contributed by atoms with van der Waals surface area (Å²) in [5.41, 5.74) is 0.906. The fourth-order valence-corrected chi connectivity index (χ4v) is 1.81. The van der Waals surface area contributed by atoms with E-state index < -0.39 is 0 Å². The molecule has 0 radical (unpaired) electrons. The average molecular weight is 263 g/mol. The van der Waals surface area contributed by atoms with Crippen LogP contribution in [0.4, 0.5) is 17.3 Å². The largest absolute Gasteiger partial charge is 0.370 e. The van der Waals surface area contributed by atoms with Gasteiger partial charge >= 0.3 is 0 Å². The van der Waals surface area contributed by atoms with E-state index in [2.05, 4.69) is 20.6 Å². The van der Waals surface area contributed by atoms with Gasteiger partial charge in [0.25, 0.3) is 0 Å². The molecule has 0 saturated heterocycles. The van der Waals surface area contributed by atoms with Crippen LogP contribution in [0.1, 0.15) is 12.7 Å². The zero-order chi connectivity index (χ0) is 13.0. The third kappa shape index (κ3) is 3.34. The van der Waals surface area contributed by atoms with Gasteiger partial charge in [0.15, 0.2) is 0 Å². The molecule has 1 aromatic carbocycles. The molecule has 0 saturated carbocycles. The molecule has 2 N–H and O–H groups in total. The van der Waals surface area contributed by atoms with Crippen molar-refractivity contribution in [2.24, 2.45) is 0 Å². The Morgan fingerprint density at radius 2 is 1.94 bits per heavy atom. The van der Waals surface area contributed by atoms with Crippen LogP contribution < -0.4 is 10.6 Å². The second-order valence-corrected chi connectivity index (χ2v) is 4.29. The van der Waals surface area contributed by atoms with Crippen LogP contribution in [0.2, 0.25) is 5.02 Å². The standard InChI is InChI=1S/C13H15ClN4/c1-3-15-12-8-13(17-9(2)16-12)18-11-6-4-5-10(14)7-11/h4-8H,3H2,1-2H3,(H2,15,16,17,18). The lowest BCUT2D eigenvalue weighted by Gasteiger charge is -2.09. The predicted molar refractivity (Wildman–Crippen MR) is 75.7 cm³/mol. The van der Waals surface area contributed by atoms with Gasteiger partial charge in [0.05, 0.1) is 0 Å². The third-order valence-corrected chi connectivity index (χ3v) is 2.53. The molecule has 0 aliphatic rings. The van der Waals surface area contributed by atoms with Gasteiger partial charge in [0.2, 0.25) is 0 Å². The topological polar surface area (TPSA) is 49.8 Å². The Hall–Kier alpha value is -1.81. The minimum Gasteiger partial charge on any atom is -0.370 e. The monoisotopic (exact) mass is 262 g/mol. The molecule has 2 aromatic rings. The Morgan fingerprint density at radius 1 is 1.17 bits per heavy atom. The second kappa shape index (κ2) is 5.69. The van der Waals surface area contributed by atoms with Crippen LogP contribution >= 0.6 is 11.6 Å². The SMILES string of the molecule is CCNc1cc(Nc2cccc(Cl)c2)nc(C)n1. The van der Waals surface area contributed by atoms with Crippen molar-refractivity contribution < 1.29 is 0 Å². The molecule has 1 aromatic heterocycles. The van der Waals surface area contributed by atoms with Crippen molar-refractivity contribution in [2.45, 2.75) is 13.8 Å². The molecule has 0 atom stereocenters. The number of aromatic nitrogens is 2. The lowest BCUT2D eigenvalue weighted by molar-refractivity contribution is 1.04. The van der Waals surface area contributed by atoms with Crippen molar-refractivity contribution in [1.29, 1.82) is 0 Å². The Balaban J connectivity index is 2.23. The van der Waals surface area contributed by atoms with Crippen LogP contribution in [-0.2, 0) is 0 Å². The molecule has 94 valence electrons. The summed E-state index contributed by atoms with van der Waals surface area (Å²) >= 11 is 5.94. The van der Waals surface area contributed by atoms with Crippen molar-refractivity contribution in [3.63, 3.8) is 0 Å². The van der Waals surface area contributed by atoms with Crippen LogP contribution in [0.3, 0.4) is 0 Å². The molecule has 2 rings (SSSR count). The van der Waals surface area contributed by atoms with Gasteiger partial charge in [-0.3, -0.25) is 0 Å². The average Bonchev–Trinajstić information content (AvgIpc) is 2.28. The molecule has 1 heterocycles. The van der Waals surface area contributed by atoms with E-state index in [0.29, 0.717) is 5.02 Å². The van der Waals surface area contributed by atoms with Crippen LogP contribution in [-0.4, -0.2) is 16.5 Å². The number of nitrogens with zero attached hydrogens (tertiary/aromatic N) is 2. The van der Waals surface area contributed by atoms with Crippen LogP contribution in [0, 0.1) is 6.92 Å². The summed E-state index contributed by atoms with van der Waals surface area (Å²) in [4.78, 5) is 8.63. The van der Waals surface area contributed by atoms with Crippen LogP contribution in [0.15, 0.2) is 30.3 Å². The summed E-state index contributed by atoms with van der Waals surface area (Å²) in [6.07, 6.45) is 0. The normalized spacial score (nSPS) is 10.2. The Labute approximate surface area is 111 Å². The van der Waals surface area contributed by atoms with E-state index in [1.165, 1.54) is 0 Å². The van der Waals surface area contributed by atoms with Gasteiger partial charge in [0.1, 0.15) is 17.5 Å². The number of hydrogen-bond donors (Lipinski definition) is 2. The lowest BCUT2D eigenvalue weighted by atomic mass is 10.3. The van der Waals surface area contributed by atoms with Crippen LogP contribution in [0.5, 0.6) is 0 Å². The maximum atomic E-state index is 5.94. The van der Waals surface area contributed by atoms with E-state index in [9.17, 15) is 0 Å². The van der Waals surface area contributed by atoms with Crippen molar-refractivity contribution >= 4 is 28.9 Å². The summed E-state index contributed by atoms with van der Waals surface area (Å²) in [6.45, 7) is 4.72. The summed E-state index contributed by atoms with van der Waals surface area (Å²) in [6, 6.07) is 9.39. The summed E-state index contributed by atoms with van der Waals surface area (Å²) < 4.78 is 0. The van der Waals surface area contributed by atoms with E-state index in [0.717, 1.165) is 29.7 Å². The number of rotatable bonds is 4.